The lowest BCUT2D eigenvalue weighted by Crippen LogP contribution is -2.49. The predicted molar refractivity (Wildman–Crippen MR) is 53.9 cm³/mol. The summed E-state index contributed by atoms with van der Waals surface area (Å²) in [5.74, 6) is -1.10. The fourth-order valence-electron chi connectivity index (χ4n) is 1.28. The molecule has 0 spiro atoms. The van der Waals surface area contributed by atoms with Gasteiger partial charge in [0.1, 0.15) is 6.42 Å². The van der Waals surface area contributed by atoms with Gasteiger partial charge in [0.15, 0.2) is 0 Å². The molecule has 0 bridgehead atoms. The van der Waals surface area contributed by atoms with Crippen LogP contribution in [0, 0.1) is 0 Å². The van der Waals surface area contributed by atoms with Crippen molar-refractivity contribution in [1.29, 1.82) is 0 Å². The quantitative estimate of drug-likeness (QED) is 0.460. The standard InChI is InChI=1S/C6H10.C4H4N2O3/c1-2-4-6-5-3-1;7-2-1-3(8)6-4(9)5-2/h1-2H,3-6H2;1H2,(H2,5,6,7,8,9). The van der Waals surface area contributed by atoms with Crippen LogP contribution in [0.5, 0.6) is 0 Å². The SMILES string of the molecule is C1=CCCCC1.O=C1CC(=O)NC(=O)N1. The molecule has 1 aliphatic carbocycles. The van der Waals surface area contributed by atoms with Gasteiger partial charge >= 0.3 is 6.03 Å². The molecular formula is C10H14N2O3. The first-order valence-corrected chi connectivity index (χ1v) is 4.97. The molecule has 5 heteroatoms. The highest BCUT2D eigenvalue weighted by Gasteiger charge is 2.20. The first kappa shape index (κ1) is 11.4. The maximum Gasteiger partial charge on any atom is 0.328 e. The number of imide groups is 2. The Labute approximate surface area is 87.9 Å². The lowest BCUT2D eigenvalue weighted by atomic mass is 10.1. The van der Waals surface area contributed by atoms with Gasteiger partial charge in [-0.3, -0.25) is 20.2 Å². The number of carbonyl (C=O) groups is 3. The van der Waals surface area contributed by atoms with E-state index in [9.17, 15) is 14.4 Å². The molecule has 2 aliphatic rings. The summed E-state index contributed by atoms with van der Waals surface area (Å²) in [6, 6.07) is -0.740. The number of allylic oxidation sites excluding steroid dienone is 2. The Hall–Kier alpha value is -1.65. The van der Waals surface area contributed by atoms with E-state index in [1.807, 2.05) is 10.6 Å². The number of carbonyl (C=O) groups excluding carboxylic acids is 3. The van der Waals surface area contributed by atoms with Gasteiger partial charge in [0, 0.05) is 0 Å². The van der Waals surface area contributed by atoms with Gasteiger partial charge in [0.05, 0.1) is 0 Å². The Kier molecular flexibility index (Phi) is 4.53. The van der Waals surface area contributed by atoms with Crippen LogP contribution in [0.15, 0.2) is 12.2 Å². The van der Waals surface area contributed by atoms with Crippen LogP contribution >= 0.6 is 0 Å². The van der Waals surface area contributed by atoms with Gasteiger partial charge in [-0.25, -0.2) is 4.79 Å². The zero-order chi connectivity index (χ0) is 11.1. The van der Waals surface area contributed by atoms with E-state index in [4.69, 9.17) is 0 Å². The number of hydrogen-bond acceptors (Lipinski definition) is 3. The number of rotatable bonds is 0. The maximum absolute atomic E-state index is 10.3. The average molecular weight is 210 g/mol. The van der Waals surface area contributed by atoms with Gasteiger partial charge in [-0.2, -0.15) is 0 Å². The Morgan fingerprint density at radius 2 is 1.33 bits per heavy atom. The fraction of sp³-hybridized carbons (Fsp3) is 0.500. The molecular weight excluding hydrogens is 196 g/mol. The highest BCUT2D eigenvalue weighted by molar-refractivity contribution is 6.14. The summed E-state index contributed by atoms with van der Waals surface area (Å²) >= 11 is 0. The molecule has 1 aliphatic heterocycles. The molecule has 0 saturated carbocycles. The largest absolute Gasteiger partial charge is 0.328 e. The van der Waals surface area contributed by atoms with E-state index in [0.29, 0.717) is 0 Å². The van der Waals surface area contributed by atoms with E-state index in [1.54, 1.807) is 0 Å². The first-order valence-electron chi connectivity index (χ1n) is 4.97. The summed E-state index contributed by atoms with van der Waals surface area (Å²) in [5.41, 5.74) is 0. The zero-order valence-electron chi connectivity index (χ0n) is 8.41. The topological polar surface area (TPSA) is 75.3 Å². The van der Waals surface area contributed by atoms with Crippen molar-refractivity contribution in [2.45, 2.75) is 32.1 Å². The van der Waals surface area contributed by atoms with Crippen LogP contribution in [0.25, 0.3) is 0 Å². The third-order valence-electron chi connectivity index (χ3n) is 1.99. The van der Waals surface area contributed by atoms with Gasteiger partial charge in [-0.15, -0.1) is 0 Å². The number of barbiturate groups is 1. The predicted octanol–water partition coefficient (Wildman–Crippen LogP) is 0.859. The van der Waals surface area contributed by atoms with Gasteiger partial charge in [0.2, 0.25) is 11.8 Å². The minimum Gasteiger partial charge on any atom is -0.277 e. The molecule has 0 radical (unpaired) electrons. The molecule has 0 unspecified atom stereocenters. The molecule has 4 amide bonds. The molecule has 2 N–H and O–H groups in total. The minimum atomic E-state index is -0.740. The van der Waals surface area contributed by atoms with Crippen molar-refractivity contribution in [2.24, 2.45) is 0 Å². The lowest BCUT2D eigenvalue weighted by Gasteiger charge is -2.09. The highest BCUT2D eigenvalue weighted by atomic mass is 16.2. The van der Waals surface area contributed by atoms with E-state index in [0.717, 1.165) is 0 Å². The molecule has 0 aromatic heterocycles. The molecule has 5 nitrogen and oxygen atoms in total. The summed E-state index contributed by atoms with van der Waals surface area (Å²) in [6.45, 7) is 0. The number of urea groups is 1. The molecule has 1 saturated heterocycles. The summed E-state index contributed by atoms with van der Waals surface area (Å²) in [5, 5.41) is 3.80. The van der Waals surface area contributed by atoms with Crippen molar-refractivity contribution in [3.63, 3.8) is 0 Å². The van der Waals surface area contributed by atoms with Crippen molar-refractivity contribution in [3.8, 4) is 0 Å². The smallest absolute Gasteiger partial charge is 0.277 e. The second-order valence-corrected chi connectivity index (χ2v) is 3.36. The summed E-state index contributed by atoms with van der Waals surface area (Å²) in [7, 11) is 0. The molecule has 82 valence electrons. The molecule has 0 aromatic rings. The van der Waals surface area contributed by atoms with Crippen LogP contribution in [0.2, 0.25) is 0 Å². The Bertz CT molecular complexity index is 244. The first-order chi connectivity index (χ1) is 7.18. The van der Waals surface area contributed by atoms with Gasteiger partial charge in [-0.1, -0.05) is 12.2 Å². The molecule has 2 rings (SSSR count). The molecule has 0 atom stereocenters. The van der Waals surface area contributed by atoms with Gasteiger partial charge < -0.3 is 0 Å². The Morgan fingerprint density at radius 1 is 0.867 bits per heavy atom. The van der Waals surface area contributed by atoms with Gasteiger partial charge in [-0.05, 0) is 25.7 Å². The molecule has 0 aromatic carbocycles. The fourth-order valence-corrected chi connectivity index (χ4v) is 1.28. The minimum absolute atomic E-state index is 0.258. The second kappa shape index (κ2) is 5.95. The van der Waals surface area contributed by atoms with Crippen LogP contribution < -0.4 is 10.6 Å². The molecule has 1 fully saturated rings. The van der Waals surface area contributed by atoms with Crippen molar-refractivity contribution >= 4 is 17.8 Å². The van der Waals surface area contributed by atoms with Crippen LogP contribution in [0.3, 0.4) is 0 Å². The van der Waals surface area contributed by atoms with Crippen molar-refractivity contribution in [3.05, 3.63) is 12.2 Å². The van der Waals surface area contributed by atoms with Crippen molar-refractivity contribution in [1.82, 2.24) is 10.6 Å². The van der Waals surface area contributed by atoms with Crippen LogP contribution in [0.1, 0.15) is 32.1 Å². The highest BCUT2D eigenvalue weighted by Crippen LogP contribution is 2.07. The van der Waals surface area contributed by atoms with Crippen LogP contribution in [0.4, 0.5) is 4.79 Å². The summed E-state index contributed by atoms with van der Waals surface area (Å²) in [4.78, 5) is 30.8. The van der Waals surface area contributed by atoms with Crippen molar-refractivity contribution < 1.29 is 14.4 Å². The molecule has 1 heterocycles. The summed E-state index contributed by atoms with van der Waals surface area (Å²) in [6.07, 6.45) is 9.74. The monoisotopic (exact) mass is 210 g/mol. The van der Waals surface area contributed by atoms with Crippen LogP contribution in [-0.4, -0.2) is 17.8 Å². The Balaban J connectivity index is 0.000000162. The Morgan fingerprint density at radius 3 is 1.60 bits per heavy atom. The normalized spacial score (nSPS) is 19.9. The van der Waals surface area contributed by atoms with Gasteiger partial charge in [0.25, 0.3) is 0 Å². The third-order valence-corrected chi connectivity index (χ3v) is 1.99. The number of nitrogens with one attached hydrogen (secondary N) is 2. The van der Waals surface area contributed by atoms with Crippen molar-refractivity contribution in [2.75, 3.05) is 0 Å². The van der Waals surface area contributed by atoms with E-state index in [1.165, 1.54) is 25.7 Å². The number of hydrogen-bond donors (Lipinski definition) is 2. The second-order valence-electron chi connectivity index (χ2n) is 3.36. The average Bonchev–Trinajstić information content (AvgIpc) is 2.19. The van der Waals surface area contributed by atoms with E-state index in [-0.39, 0.29) is 6.42 Å². The maximum atomic E-state index is 10.3. The number of amides is 4. The van der Waals surface area contributed by atoms with E-state index < -0.39 is 17.8 Å². The van der Waals surface area contributed by atoms with Crippen LogP contribution in [-0.2, 0) is 9.59 Å². The molecule has 15 heavy (non-hydrogen) atoms. The summed E-state index contributed by atoms with van der Waals surface area (Å²) < 4.78 is 0. The lowest BCUT2D eigenvalue weighted by molar-refractivity contribution is -0.129. The van der Waals surface area contributed by atoms with E-state index >= 15 is 0 Å². The third kappa shape index (κ3) is 4.95. The zero-order valence-corrected chi connectivity index (χ0v) is 8.41. The van der Waals surface area contributed by atoms with E-state index in [2.05, 4.69) is 12.2 Å².